The zero-order valence-corrected chi connectivity index (χ0v) is 35.5. The molecule has 0 N–H and O–H groups in total. The summed E-state index contributed by atoms with van der Waals surface area (Å²) in [5.41, 5.74) is 3.20. The van der Waals surface area contributed by atoms with Crippen molar-refractivity contribution in [3.8, 4) is 44.8 Å². The second kappa shape index (κ2) is 17.0. The van der Waals surface area contributed by atoms with Gasteiger partial charge in [-0.25, -0.2) is 0 Å². The van der Waals surface area contributed by atoms with Gasteiger partial charge in [0, 0.05) is 61.2 Å². The Bertz CT molecular complexity index is 3280. The Kier molecular flexibility index (Phi) is 7.43. The Morgan fingerprint density at radius 3 is 2.00 bits per heavy atom. The number of nitrogens with zero attached hydrogens (tertiary/aromatic N) is 2. The fourth-order valence-electron chi connectivity index (χ4n) is 6.56. The molecule has 3 nitrogen and oxygen atoms in total. The van der Waals surface area contributed by atoms with E-state index in [1.165, 1.54) is 42.0 Å². The summed E-state index contributed by atoms with van der Waals surface area (Å²) in [6.45, 7) is -1.18. The van der Waals surface area contributed by atoms with Crippen LogP contribution in [0.1, 0.15) is 104 Å². The van der Waals surface area contributed by atoms with E-state index in [0.717, 1.165) is 17.5 Å². The van der Waals surface area contributed by atoms with Crippen molar-refractivity contribution in [1.82, 2.24) is 9.97 Å². The summed E-state index contributed by atoms with van der Waals surface area (Å²) in [7, 11) is 0. The van der Waals surface area contributed by atoms with Gasteiger partial charge in [0.2, 0.25) is 0 Å². The van der Waals surface area contributed by atoms with Gasteiger partial charge in [-0.2, -0.15) is 0 Å². The summed E-state index contributed by atoms with van der Waals surface area (Å²) in [4.78, 5) is 8.86. The fraction of sp³-hybridized carbons (Fsp3) is 0.259. The van der Waals surface area contributed by atoms with Crippen molar-refractivity contribution >= 4 is 21.9 Å². The number of aromatic nitrogens is 2. The van der Waals surface area contributed by atoms with Gasteiger partial charge >= 0.3 is 0 Å². The molecule has 0 unspecified atom stereocenters. The summed E-state index contributed by atoms with van der Waals surface area (Å²) in [5, 5.41) is 1.23. The first-order valence-corrected chi connectivity index (χ1v) is 18.6. The maximum absolute atomic E-state index is 8.65. The monoisotopic (exact) mass is 956 g/mol. The van der Waals surface area contributed by atoms with Crippen molar-refractivity contribution in [3.05, 3.63) is 167 Å². The van der Waals surface area contributed by atoms with Crippen molar-refractivity contribution in [2.75, 3.05) is 0 Å². The van der Waals surface area contributed by atoms with Crippen molar-refractivity contribution in [3.63, 3.8) is 0 Å². The molecule has 0 aliphatic rings. The number of fused-ring (bicyclic) bond motifs is 3. The summed E-state index contributed by atoms with van der Waals surface area (Å²) < 4.78 is 145. The predicted molar refractivity (Wildman–Crippen MR) is 241 cm³/mol. The molecule has 0 spiro atoms. The van der Waals surface area contributed by atoms with Crippen LogP contribution < -0.4 is 0 Å². The van der Waals surface area contributed by atoms with E-state index in [9.17, 15) is 0 Å². The van der Waals surface area contributed by atoms with Crippen LogP contribution in [-0.2, 0) is 31.9 Å². The maximum atomic E-state index is 8.65. The molecule has 0 aliphatic carbocycles. The Morgan fingerprint density at radius 1 is 0.638 bits per heavy atom. The molecule has 0 saturated heterocycles. The number of benzene rings is 5. The minimum Gasteiger partial charge on any atom is -0.501 e. The van der Waals surface area contributed by atoms with Gasteiger partial charge in [0.25, 0.3) is 0 Å². The summed E-state index contributed by atoms with van der Waals surface area (Å²) >= 11 is 0. The number of aryl methyl sites for hydroxylation is 5. The van der Waals surface area contributed by atoms with E-state index in [0.29, 0.717) is 33.0 Å². The van der Waals surface area contributed by atoms with Crippen LogP contribution in [0, 0.1) is 51.8 Å². The largest absolute Gasteiger partial charge is 0.501 e. The third-order valence-corrected chi connectivity index (χ3v) is 9.47. The molecular formula is C54H54IrN2O-2. The number of rotatable bonds is 5. The van der Waals surface area contributed by atoms with Gasteiger partial charge in [0.1, 0.15) is 5.58 Å². The molecule has 8 aromatic rings. The first-order chi connectivity index (χ1) is 33.9. The van der Waals surface area contributed by atoms with E-state index in [-0.39, 0.29) is 81.3 Å². The number of pyridine rings is 2. The topological polar surface area (TPSA) is 38.9 Å². The SMILES string of the molecule is [2H]C([2H])([2H])c1c[c-]c(-c2ccc(C(C)(C)C)cn2)cc1.[2H]C([2H])([2H])c1ccc2c(c1)oc1c(-c3cc(-c4cc(C([2H])([2H])[2H])c(-c5ccc(C([2H])([2H])C(C)(C)C)cc5)cc4C([2H])([2H])[2H])c(C([2H])([2H])[2H])cn3)[c-]ccc12.[Ir]. The van der Waals surface area contributed by atoms with Crippen LogP contribution in [0.25, 0.3) is 66.7 Å². The van der Waals surface area contributed by atoms with Gasteiger partial charge < -0.3 is 14.4 Å². The standard InChI is InChI=1S/C38H36NO.C16H18N.Ir/c1-23-11-16-29-30-9-8-10-31(37(30)40-36(29)17-23)35-20-34(26(4)22-39-35)33-19-24(2)32(18-25(33)3)28-14-12-27(13-15-28)21-38(5,6)7;1-12-5-7-13(8-6-12)15-10-9-14(11-17-15)16(2,3)4;/h8-9,11-20,22H,21H2,1-7H3;5-7,9-11H,1-4H3;/q2*-1;/i1D3,2D3,3D3,4D3,21D2;1D3;. The van der Waals surface area contributed by atoms with Crippen LogP contribution in [0.4, 0.5) is 0 Å². The average molecular weight is 956 g/mol. The average Bonchev–Trinajstić information content (AvgIpc) is 3.68. The molecular weight excluding hydrogens is 885 g/mol. The zero-order valence-electron chi connectivity index (χ0n) is 50.1. The molecule has 0 saturated carbocycles. The van der Waals surface area contributed by atoms with Gasteiger partial charge in [0.05, 0.1) is 5.58 Å². The van der Waals surface area contributed by atoms with Crippen molar-refractivity contribution in [2.24, 2.45) is 5.41 Å². The minimum atomic E-state index is -2.85. The fourth-order valence-corrected chi connectivity index (χ4v) is 6.56. The van der Waals surface area contributed by atoms with Crippen LogP contribution in [-0.4, -0.2) is 9.97 Å². The van der Waals surface area contributed by atoms with E-state index in [4.69, 9.17) is 27.7 Å². The molecule has 297 valence electrons. The van der Waals surface area contributed by atoms with Gasteiger partial charge in [-0.3, -0.25) is 0 Å². The zero-order chi connectivity index (χ0) is 54.9. The first kappa shape index (κ1) is 25.4. The van der Waals surface area contributed by atoms with E-state index in [1.54, 1.807) is 75.4 Å². The molecule has 0 bridgehead atoms. The molecule has 58 heavy (non-hydrogen) atoms. The van der Waals surface area contributed by atoms with Crippen molar-refractivity contribution in [2.45, 2.75) is 87.6 Å². The van der Waals surface area contributed by atoms with Crippen LogP contribution in [0.15, 0.2) is 120 Å². The van der Waals surface area contributed by atoms with Crippen LogP contribution in [0.2, 0.25) is 0 Å². The van der Waals surface area contributed by atoms with Gasteiger partial charge in [-0.1, -0.05) is 126 Å². The van der Waals surface area contributed by atoms with Gasteiger partial charge in [-0.05, 0) is 118 Å². The quantitative estimate of drug-likeness (QED) is 0.161. The van der Waals surface area contributed by atoms with E-state index < -0.39 is 46.0 Å². The van der Waals surface area contributed by atoms with E-state index in [1.807, 2.05) is 18.3 Å². The smallest absolute Gasteiger partial charge is 0.121 e. The Balaban J connectivity index is 0.000000365. The van der Waals surface area contributed by atoms with Gasteiger partial charge in [0.15, 0.2) is 0 Å². The number of hydrogen-bond acceptors (Lipinski definition) is 3. The van der Waals surface area contributed by atoms with E-state index in [2.05, 4.69) is 42.9 Å². The molecule has 4 heteroatoms. The van der Waals surface area contributed by atoms with Crippen molar-refractivity contribution in [1.29, 1.82) is 0 Å². The number of hydrogen-bond donors (Lipinski definition) is 0. The summed E-state index contributed by atoms with van der Waals surface area (Å²) in [5.74, 6) is 0. The molecule has 5 aromatic carbocycles. The molecule has 0 atom stereocenters. The molecule has 3 aromatic heterocycles. The van der Waals surface area contributed by atoms with Crippen LogP contribution in [0.5, 0.6) is 0 Å². The molecule has 3 heterocycles. The Hall–Kier alpha value is -5.15. The second-order valence-electron chi connectivity index (χ2n) is 16.1. The molecule has 0 amide bonds. The number of furan rings is 1. The van der Waals surface area contributed by atoms with Gasteiger partial charge in [-0.15, -0.1) is 53.6 Å². The third kappa shape index (κ3) is 9.41. The Labute approximate surface area is 383 Å². The second-order valence-corrected chi connectivity index (χ2v) is 16.1. The van der Waals surface area contributed by atoms with Crippen molar-refractivity contribution < 1.29 is 47.8 Å². The first-order valence-electron chi connectivity index (χ1n) is 27.1. The third-order valence-electron chi connectivity index (χ3n) is 9.47. The van der Waals surface area contributed by atoms with E-state index >= 15 is 0 Å². The van der Waals surface area contributed by atoms with Crippen LogP contribution >= 0.6 is 0 Å². The molecule has 1 radical (unpaired) electrons. The summed E-state index contributed by atoms with van der Waals surface area (Å²) in [6.07, 6.45) is 1.23. The minimum absolute atomic E-state index is 0. The molecule has 0 fully saturated rings. The molecule has 8 rings (SSSR count). The Morgan fingerprint density at radius 2 is 1.34 bits per heavy atom. The van der Waals surface area contributed by atoms with Crippen LogP contribution in [0.3, 0.4) is 0 Å². The summed E-state index contributed by atoms with van der Waals surface area (Å²) in [6, 6.07) is 32.9. The molecule has 0 aliphatic heterocycles. The normalized spacial score (nSPS) is 17.3. The predicted octanol–water partition coefficient (Wildman–Crippen LogP) is 14.8. The maximum Gasteiger partial charge on any atom is 0.121 e.